The molecule has 0 saturated carbocycles. The van der Waals surface area contributed by atoms with Gasteiger partial charge < -0.3 is 5.32 Å². The van der Waals surface area contributed by atoms with Crippen molar-refractivity contribution in [3.8, 4) is 11.1 Å². The zero-order valence-corrected chi connectivity index (χ0v) is 18.9. The number of rotatable bonds is 4. The molecular formula is C22H18F6N6O2. The first-order chi connectivity index (χ1) is 16.7. The molecule has 1 aromatic carbocycles. The number of alkyl halides is 6. The van der Waals surface area contributed by atoms with E-state index in [1.165, 1.54) is 45.0 Å². The van der Waals surface area contributed by atoms with Crippen molar-refractivity contribution in [2.75, 3.05) is 5.32 Å². The van der Waals surface area contributed by atoms with Crippen LogP contribution in [-0.2, 0) is 12.4 Å². The molecule has 0 aliphatic heterocycles. The van der Waals surface area contributed by atoms with Crippen LogP contribution in [0, 0.1) is 6.92 Å². The quantitative estimate of drug-likeness (QED) is 0.329. The van der Waals surface area contributed by atoms with Gasteiger partial charge >= 0.3 is 12.4 Å². The molecule has 4 rings (SSSR count). The molecule has 3 heterocycles. The van der Waals surface area contributed by atoms with Crippen LogP contribution < -0.4 is 10.9 Å². The highest BCUT2D eigenvalue weighted by molar-refractivity contribution is 6.05. The molecule has 0 fully saturated rings. The maximum atomic E-state index is 13.8. The van der Waals surface area contributed by atoms with Crippen LogP contribution in [0.1, 0.15) is 52.8 Å². The zero-order valence-electron chi connectivity index (χ0n) is 18.9. The Morgan fingerprint density at radius 2 is 1.64 bits per heavy atom. The average Bonchev–Trinajstić information content (AvgIpc) is 3.36. The molecule has 14 heteroatoms. The van der Waals surface area contributed by atoms with Crippen molar-refractivity contribution in [2.45, 2.75) is 39.0 Å². The van der Waals surface area contributed by atoms with Crippen LogP contribution in [0.3, 0.4) is 0 Å². The van der Waals surface area contributed by atoms with Crippen molar-refractivity contribution in [3.05, 3.63) is 68.9 Å². The molecule has 0 aliphatic carbocycles. The summed E-state index contributed by atoms with van der Waals surface area (Å²) in [6, 6.07) is 7.44. The fourth-order valence-corrected chi connectivity index (χ4v) is 3.92. The first-order valence-corrected chi connectivity index (χ1v) is 10.5. The first kappa shape index (κ1) is 25.0. The van der Waals surface area contributed by atoms with E-state index in [0.29, 0.717) is 4.52 Å². The zero-order chi connectivity index (χ0) is 26.6. The summed E-state index contributed by atoms with van der Waals surface area (Å²) in [5.41, 5.74) is -5.43. The van der Waals surface area contributed by atoms with Gasteiger partial charge in [-0.1, -0.05) is 44.2 Å². The van der Waals surface area contributed by atoms with Gasteiger partial charge in [-0.15, -0.1) is 0 Å². The van der Waals surface area contributed by atoms with Crippen molar-refractivity contribution in [2.24, 2.45) is 0 Å². The summed E-state index contributed by atoms with van der Waals surface area (Å²) in [4.78, 5) is 30.2. The molecule has 0 unspecified atom stereocenters. The van der Waals surface area contributed by atoms with Gasteiger partial charge in [-0.3, -0.25) is 19.8 Å². The summed E-state index contributed by atoms with van der Waals surface area (Å²) in [5, 5.41) is 9.49. The van der Waals surface area contributed by atoms with Crippen molar-refractivity contribution in [1.29, 1.82) is 0 Å². The number of nitrogens with one attached hydrogen (secondary N) is 3. The maximum absolute atomic E-state index is 13.8. The molecule has 8 nitrogen and oxygen atoms in total. The lowest BCUT2D eigenvalue weighted by Gasteiger charge is -2.12. The number of amides is 1. The highest BCUT2D eigenvalue weighted by Gasteiger charge is 2.40. The number of H-pyrrole nitrogens is 2. The molecule has 0 atom stereocenters. The number of benzene rings is 1. The van der Waals surface area contributed by atoms with Crippen LogP contribution in [-0.4, -0.2) is 30.7 Å². The van der Waals surface area contributed by atoms with Gasteiger partial charge in [0.25, 0.3) is 11.5 Å². The minimum atomic E-state index is -4.89. The van der Waals surface area contributed by atoms with Gasteiger partial charge in [-0.2, -0.15) is 36.0 Å². The van der Waals surface area contributed by atoms with E-state index in [1.807, 2.05) is 10.2 Å². The van der Waals surface area contributed by atoms with E-state index < -0.39 is 52.5 Å². The summed E-state index contributed by atoms with van der Waals surface area (Å²) in [6.45, 7) is 4.14. The molecule has 36 heavy (non-hydrogen) atoms. The summed E-state index contributed by atoms with van der Waals surface area (Å²) in [5.74, 6) is -2.35. The molecule has 0 aliphatic rings. The Kier molecular flexibility index (Phi) is 5.93. The van der Waals surface area contributed by atoms with Crippen LogP contribution in [0.15, 0.2) is 35.1 Å². The number of aromatic amines is 2. The number of aryl methyl sites for hydroxylation is 1. The van der Waals surface area contributed by atoms with Crippen molar-refractivity contribution in [3.63, 3.8) is 0 Å². The smallest absolute Gasteiger partial charge is 0.305 e. The van der Waals surface area contributed by atoms with E-state index in [2.05, 4.69) is 15.4 Å². The van der Waals surface area contributed by atoms with E-state index in [9.17, 15) is 35.9 Å². The number of hydrogen-bond acceptors (Lipinski definition) is 4. The van der Waals surface area contributed by atoms with E-state index in [4.69, 9.17) is 0 Å². The Bertz CT molecular complexity index is 1510. The van der Waals surface area contributed by atoms with Crippen LogP contribution in [0.5, 0.6) is 0 Å². The van der Waals surface area contributed by atoms with Gasteiger partial charge in [0.1, 0.15) is 17.0 Å². The topological polar surface area (TPSA) is 108 Å². The standard InChI is InChI=1S/C22H18F6N6O2/c1-9(2)12-15(21(23,24)25)31-32-17(12)30-19(35)13-10(3)29-18-14(11-7-5-4-6-8-11)16(22(26,27)28)33-34(18)20(13)36/h4-9,33H,1-3H3,(H2,30,31,32,35). The van der Waals surface area contributed by atoms with Gasteiger partial charge in [0.15, 0.2) is 11.5 Å². The third-order valence-corrected chi connectivity index (χ3v) is 5.43. The average molecular weight is 512 g/mol. The number of nitrogens with zero attached hydrogens (tertiary/aromatic N) is 3. The summed E-state index contributed by atoms with van der Waals surface area (Å²) >= 11 is 0. The lowest BCUT2D eigenvalue weighted by atomic mass is 10.0. The maximum Gasteiger partial charge on any atom is 0.433 e. The van der Waals surface area contributed by atoms with Crippen molar-refractivity contribution < 1.29 is 31.1 Å². The van der Waals surface area contributed by atoms with E-state index in [-0.39, 0.29) is 28.0 Å². The van der Waals surface area contributed by atoms with Gasteiger partial charge in [-0.25, -0.2) is 4.98 Å². The molecular weight excluding hydrogens is 494 g/mol. The molecule has 3 aromatic heterocycles. The summed E-state index contributed by atoms with van der Waals surface area (Å²) in [6.07, 6.45) is -9.67. The van der Waals surface area contributed by atoms with E-state index in [1.54, 1.807) is 6.07 Å². The molecule has 4 aromatic rings. The van der Waals surface area contributed by atoms with Crippen molar-refractivity contribution in [1.82, 2.24) is 24.8 Å². The number of carbonyl (C=O) groups is 1. The Labute approximate surface area is 198 Å². The highest BCUT2D eigenvalue weighted by atomic mass is 19.4. The minimum Gasteiger partial charge on any atom is -0.305 e. The number of aromatic nitrogens is 5. The van der Waals surface area contributed by atoms with Crippen LogP contribution in [0.25, 0.3) is 16.8 Å². The molecule has 0 radical (unpaired) electrons. The second-order valence-electron chi connectivity index (χ2n) is 8.23. The molecule has 190 valence electrons. The largest absolute Gasteiger partial charge is 0.433 e. The number of carbonyl (C=O) groups excluding carboxylic acids is 1. The van der Waals surface area contributed by atoms with E-state index in [0.717, 1.165) is 0 Å². The van der Waals surface area contributed by atoms with Crippen LogP contribution >= 0.6 is 0 Å². The fraction of sp³-hybridized carbons (Fsp3) is 0.273. The van der Waals surface area contributed by atoms with Gasteiger partial charge in [0.05, 0.1) is 11.3 Å². The molecule has 0 spiro atoms. The number of hydrogen-bond donors (Lipinski definition) is 3. The fourth-order valence-electron chi connectivity index (χ4n) is 3.92. The number of fused-ring (bicyclic) bond motifs is 1. The predicted molar refractivity (Wildman–Crippen MR) is 117 cm³/mol. The Morgan fingerprint density at radius 3 is 2.19 bits per heavy atom. The second-order valence-corrected chi connectivity index (χ2v) is 8.23. The minimum absolute atomic E-state index is 0.129. The molecule has 0 bridgehead atoms. The predicted octanol–water partition coefficient (Wildman–Crippen LogP) is 5.13. The highest BCUT2D eigenvalue weighted by Crippen LogP contribution is 2.39. The monoisotopic (exact) mass is 512 g/mol. The van der Waals surface area contributed by atoms with Gasteiger partial charge in [-0.05, 0) is 18.4 Å². The number of halogens is 6. The molecule has 3 N–H and O–H groups in total. The lowest BCUT2D eigenvalue weighted by molar-refractivity contribution is -0.142. The SMILES string of the molecule is Cc1nc2c(-c3ccccc3)c(C(F)(F)F)[nH]n2c(=O)c1C(=O)Nc1n[nH]c(C(F)(F)F)c1C(C)C. The Balaban J connectivity index is 1.87. The van der Waals surface area contributed by atoms with Crippen LogP contribution in [0.4, 0.5) is 32.2 Å². The Hall–Kier alpha value is -4.10. The third-order valence-electron chi connectivity index (χ3n) is 5.43. The molecule has 0 saturated heterocycles. The van der Waals surface area contributed by atoms with Gasteiger partial charge in [0, 0.05) is 5.56 Å². The molecule has 1 amide bonds. The van der Waals surface area contributed by atoms with E-state index >= 15 is 0 Å². The first-order valence-electron chi connectivity index (χ1n) is 10.5. The summed E-state index contributed by atoms with van der Waals surface area (Å²) < 4.78 is 81.9. The Morgan fingerprint density at radius 1 is 1.03 bits per heavy atom. The third kappa shape index (κ3) is 4.22. The van der Waals surface area contributed by atoms with Crippen LogP contribution in [0.2, 0.25) is 0 Å². The second kappa shape index (κ2) is 8.53. The summed E-state index contributed by atoms with van der Waals surface area (Å²) in [7, 11) is 0. The normalized spacial score (nSPS) is 12.5. The lowest BCUT2D eigenvalue weighted by Crippen LogP contribution is -2.29. The van der Waals surface area contributed by atoms with Crippen molar-refractivity contribution >= 4 is 17.4 Å². The van der Waals surface area contributed by atoms with Gasteiger partial charge in [0.2, 0.25) is 0 Å². The number of anilines is 1.